The minimum absolute atomic E-state index is 0.0746. The highest BCUT2D eigenvalue weighted by molar-refractivity contribution is 5.96. The van der Waals surface area contributed by atoms with E-state index in [9.17, 15) is 4.79 Å². The van der Waals surface area contributed by atoms with Crippen molar-refractivity contribution >= 4 is 17.1 Å². The lowest BCUT2D eigenvalue weighted by Crippen LogP contribution is -2.31. The molecular formula is C21H24N4O2. The van der Waals surface area contributed by atoms with Gasteiger partial charge in [0.1, 0.15) is 17.9 Å². The zero-order valence-electron chi connectivity index (χ0n) is 16.0. The van der Waals surface area contributed by atoms with Crippen molar-refractivity contribution in [2.75, 3.05) is 20.2 Å². The molecule has 0 N–H and O–H groups in total. The van der Waals surface area contributed by atoms with Crippen molar-refractivity contribution in [3.8, 4) is 5.75 Å². The number of benzene rings is 1. The second kappa shape index (κ2) is 7.02. The monoisotopic (exact) mass is 364 g/mol. The fourth-order valence-corrected chi connectivity index (χ4v) is 3.29. The van der Waals surface area contributed by atoms with Gasteiger partial charge < -0.3 is 14.2 Å². The molecule has 0 unspecified atom stereocenters. The summed E-state index contributed by atoms with van der Waals surface area (Å²) in [6.07, 6.45) is 5.82. The van der Waals surface area contributed by atoms with Crippen LogP contribution in [0.25, 0.3) is 11.2 Å². The number of fused-ring (bicyclic) bond motifs is 1. The molecule has 1 aliphatic rings. The van der Waals surface area contributed by atoms with Gasteiger partial charge in [0.15, 0.2) is 5.65 Å². The lowest BCUT2D eigenvalue weighted by Gasteiger charge is -2.17. The molecule has 2 aromatic heterocycles. The highest BCUT2D eigenvalue weighted by Crippen LogP contribution is 2.36. The van der Waals surface area contributed by atoms with Crippen molar-refractivity contribution in [1.82, 2.24) is 19.4 Å². The largest absolute Gasteiger partial charge is 0.492 e. The summed E-state index contributed by atoms with van der Waals surface area (Å²) in [5.74, 6) is 0.761. The molecule has 27 heavy (non-hydrogen) atoms. The van der Waals surface area contributed by atoms with Crippen molar-refractivity contribution in [2.45, 2.75) is 32.7 Å². The fourth-order valence-electron chi connectivity index (χ4n) is 3.29. The van der Waals surface area contributed by atoms with Gasteiger partial charge in [0.05, 0.1) is 18.4 Å². The van der Waals surface area contributed by atoms with E-state index < -0.39 is 0 Å². The maximum atomic E-state index is 12.7. The van der Waals surface area contributed by atoms with Crippen LogP contribution in [-0.4, -0.2) is 45.5 Å². The Hall–Kier alpha value is -2.89. The lowest BCUT2D eigenvalue weighted by atomic mass is 10.1. The minimum atomic E-state index is -0.0746. The smallest absolute Gasteiger partial charge is 0.255 e. The Kier molecular flexibility index (Phi) is 4.56. The van der Waals surface area contributed by atoms with Crippen LogP contribution in [0, 0.1) is 13.8 Å². The van der Waals surface area contributed by atoms with E-state index in [1.807, 2.05) is 38.4 Å². The number of pyridine rings is 1. The van der Waals surface area contributed by atoms with Crippen LogP contribution in [0.1, 0.15) is 40.4 Å². The van der Waals surface area contributed by atoms with Gasteiger partial charge >= 0.3 is 0 Å². The summed E-state index contributed by atoms with van der Waals surface area (Å²) < 4.78 is 7.91. The van der Waals surface area contributed by atoms with Crippen molar-refractivity contribution in [3.05, 3.63) is 53.5 Å². The summed E-state index contributed by atoms with van der Waals surface area (Å²) in [6, 6.07) is 8.46. The van der Waals surface area contributed by atoms with E-state index in [2.05, 4.69) is 20.6 Å². The molecule has 2 heterocycles. The summed E-state index contributed by atoms with van der Waals surface area (Å²) in [5, 5.41) is 0. The van der Waals surface area contributed by atoms with Crippen LogP contribution in [0.2, 0.25) is 0 Å². The number of aromatic nitrogens is 3. The quantitative estimate of drug-likeness (QED) is 0.671. The van der Waals surface area contributed by atoms with Gasteiger partial charge in [-0.2, -0.15) is 0 Å². The van der Waals surface area contributed by atoms with Crippen molar-refractivity contribution < 1.29 is 9.53 Å². The predicted octanol–water partition coefficient (Wildman–Crippen LogP) is 3.53. The standard InChI is InChI=1S/C21H24N4O2/c1-14-8-15(2)10-18(9-14)27-7-6-24(3)21(26)16-11-19-20(22-12-16)25(13-23-19)17-4-5-17/h8-13,17H,4-7H2,1-3H3. The molecule has 0 saturated heterocycles. The molecule has 0 aliphatic heterocycles. The summed E-state index contributed by atoms with van der Waals surface area (Å²) in [5.41, 5.74) is 4.51. The molecule has 0 atom stereocenters. The average molecular weight is 364 g/mol. The zero-order valence-corrected chi connectivity index (χ0v) is 16.0. The van der Waals surface area contributed by atoms with Gasteiger partial charge in [-0.15, -0.1) is 0 Å². The molecule has 1 aromatic carbocycles. The van der Waals surface area contributed by atoms with Gasteiger partial charge in [0.2, 0.25) is 0 Å². The Morgan fingerprint density at radius 2 is 1.93 bits per heavy atom. The maximum absolute atomic E-state index is 12.7. The highest BCUT2D eigenvalue weighted by atomic mass is 16.5. The molecule has 140 valence electrons. The summed E-state index contributed by atoms with van der Waals surface area (Å²) >= 11 is 0. The predicted molar refractivity (Wildman–Crippen MR) is 104 cm³/mol. The first kappa shape index (κ1) is 17.5. The highest BCUT2D eigenvalue weighted by Gasteiger charge is 2.26. The second-order valence-electron chi connectivity index (χ2n) is 7.35. The Morgan fingerprint density at radius 3 is 2.63 bits per heavy atom. The van der Waals surface area contributed by atoms with E-state index in [-0.39, 0.29) is 5.91 Å². The van der Waals surface area contributed by atoms with Gasteiger partial charge in [-0.05, 0) is 56.0 Å². The normalized spacial score (nSPS) is 13.7. The minimum Gasteiger partial charge on any atom is -0.492 e. The molecule has 3 aromatic rings. The van der Waals surface area contributed by atoms with Crippen LogP contribution < -0.4 is 4.74 Å². The van der Waals surface area contributed by atoms with Crippen LogP contribution >= 0.6 is 0 Å². The molecule has 6 heteroatoms. The number of imidazole rings is 1. The van der Waals surface area contributed by atoms with E-state index in [1.165, 1.54) is 24.0 Å². The number of hydrogen-bond donors (Lipinski definition) is 0. The van der Waals surface area contributed by atoms with Gasteiger partial charge in [-0.1, -0.05) is 6.07 Å². The topological polar surface area (TPSA) is 60.2 Å². The van der Waals surface area contributed by atoms with Crippen molar-refractivity contribution in [2.24, 2.45) is 0 Å². The molecule has 0 bridgehead atoms. The molecule has 1 fully saturated rings. The summed E-state index contributed by atoms with van der Waals surface area (Å²) in [7, 11) is 1.78. The summed E-state index contributed by atoms with van der Waals surface area (Å²) in [4.78, 5) is 23.2. The number of likely N-dealkylation sites (N-methyl/N-ethyl adjacent to an activating group) is 1. The molecule has 1 amide bonds. The third kappa shape index (κ3) is 3.79. The molecule has 6 nitrogen and oxygen atoms in total. The number of rotatable bonds is 6. The number of carbonyl (C=O) groups excluding carboxylic acids is 1. The van der Waals surface area contributed by atoms with E-state index in [0.29, 0.717) is 24.8 Å². The van der Waals surface area contributed by atoms with Crippen molar-refractivity contribution in [1.29, 1.82) is 0 Å². The van der Waals surface area contributed by atoms with Crippen LogP contribution in [0.4, 0.5) is 0 Å². The second-order valence-corrected chi connectivity index (χ2v) is 7.35. The van der Waals surface area contributed by atoms with E-state index in [4.69, 9.17) is 4.74 Å². The zero-order chi connectivity index (χ0) is 19.0. The van der Waals surface area contributed by atoms with Crippen LogP contribution in [0.5, 0.6) is 5.75 Å². The number of carbonyl (C=O) groups is 1. The molecule has 0 spiro atoms. The number of hydrogen-bond acceptors (Lipinski definition) is 4. The first-order valence-electron chi connectivity index (χ1n) is 9.30. The van der Waals surface area contributed by atoms with E-state index in [0.717, 1.165) is 16.9 Å². The van der Waals surface area contributed by atoms with E-state index >= 15 is 0 Å². The third-order valence-corrected chi connectivity index (χ3v) is 4.84. The molecule has 1 aliphatic carbocycles. The van der Waals surface area contributed by atoms with Crippen LogP contribution in [-0.2, 0) is 0 Å². The third-order valence-electron chi connectivity index (χ3n) is 4.84. The van der Waals surface area contributed by atoms with Gasteiger partial charge in [-0.25, -0.2) is 9.97 Å². The maximum Gasteiger partial charge on any atom is 0.255 e. The van der Waals surface area contributed by atoms with Crippen molar-refractivity contribution in [3.63, 3.8) is 0 Å². The first-order valence-corrected chi connectivity index (χ1v) is 9.30. The summed E-state index contributed by atoms with van der Waals surface area (Å²) in [6.45, 7) is 5.03. The Labute approximate surface area is 158 Å². The lowest BCUT2D eigenvalue weighted by molar-refractivity contribution is 0.0773. The number of ether oxygens (including phenoxy) is 1. The van der Waals surface area contributed by atoms with Crippen LogP contribution in [0.15, 0.2) is 36.8 Å². The number of amides is 1. The Balaban J connectivity index is 1.39. The first-order chi connectivity index (χ1) is 13.0. The van der Waals surface area contributed by atoms with Crippen LogP contribution in [0.3, 0.4) is 0 Å². The van der Waals surface area contributed by atoms with Gasteiger partial charge in [0.25, 0.3) is 5.91 Å². The molecule has 1 saturated carbocycles. The Bertz CT molecular complexity index is 971. The van der Waals surface area contributed by atoms with Gasteiger partial charge in [-0.3, -0.25) is 4.79 Å². The number of nitrogens with zero attached hydrogens (tertiary/aromatic N) is 4. The fraction of sp³-hybridized carbons (Fsp3) is 0.381. The molecule has 4 rings (SSSR count). The SMILES string of the molecule is Cc1cc(C)cc(OCCN(C)C(=O)c2cnc3c(c2)ncn3C2CC2)c1. The molecular weight excluding hydrogens is 340 g/mol. The van der Waals surface area contributed by atoms with Gasteiger partial charge in [0, 0.05) is 19.3 Å². The average Bonchev–Trinajstić information content (AvgIpc) is 3.39. The Morgan fingerprint density at radius 1 is 1.19 bits per heavy atom. The van der Waals surface area contributed by atoms with E-state index in [1.54, 1.807) is 18.1 Å². The molecule has 0 radical (unpaired) electrons. The number of aryl methyl sites for hydroxylation is 2.